The van der Waals surface area contributed by atoms with Gasteiger partial charge in [0.2, 0.25) is 0 Å². The van der Waals surface area contributed by atoms with Gasteiger partial charge in [-0.25, -0.2) is 19.2 Å². The molecule has 13 heavy (non-hydrogen) atoms. The fourth-order valence-corrected chi connectivity index (χ4v) is 0. The van der Waals surface area contributed by atoms with Gasteiger partial charge in [-0.2, -0.15) is 0 Å². The highest BCUT2D eigenvalue weighted by atomic mass is 16.4. The van der Waals surface area contributed by atoms with Crippen LogP contribution in [0.15, 0.2) is 0 Å². The van der Waals surface area contributed by atoms with Crippen molar-refractivity contribution in [3.63, 3.8) is 0 Å². The first-order valence-corrected chi connectivity index (χ1v) is 2.21. The van der Waals surface area contributed by atoms with E-state index in [4.69, 9.17) is 39.6 Å². The normalized spacial score (nSPS) is 6.77. The van der Waals surface area contributed by atoms with Crippen LogP contribution in [0.2, 0.25) is 0 Å². The largest absolute Gasteiger partial charge is 0.473 e. The molecule has 0 aliphatic carbocycles. The summed E-state index contributed by atoms with van der Waals surface area (Å²) in [4.78, 5) is 36.4. The van der Waals surface area contributed by atoms with Gasteiger partial charge in [0.15, 0.2) is 0 Å². The molecule has 0 fully saturated rings. The Morgan fingerprint density at radius 2 is 0.615 bits per heavy atom. The molecule has 76 valence electrons. The molecule has 0 radical (unpaired) electrons. The smallest absolute Gasteiger partial charge is 0.414 e. The Morgan fingerprint density at radius 1 is 0.538 bits per heavy atom. The summed E-state index contributed by atoms with van der Waals surface area (Å²) >= 11 is 0. The number of aliphatic carboxylic acids is 4. The predicted octanol–water partition coefficient (Wildman–Crippen LogP) is -2.51. The van der Waals surface area contributed by atoms with E-state index < -0.39 is 23.9 Å². The lowest BCUT2D eigenvalue weighted by atomic mass is 10.7. The van der Waals surface area contributed by atoms with Crippen LogP contribution >= 0.6 is 0 Å². The summed E-state index contributed by atoms with van der Waals surface area (Å²) in [7, 11) is 0. The van der Waals surface area contributed by atoms with Crippen LogP contribution in [0.5, 0.6) is 0 Å². The molecule has 0 aliphatic rings. The van der Waals surface area contributed by atoms with Crippen molar-refractivity contribution >= 4 is 23.9 Å². The van der Waals surface area contributed by atoms with Crippen LogP contribution < -0.4 is 0 Å². The molecule has 0 heterocycles. The van der Waals surface area contributed by atoms with Crippen LogP contribution in [-0.2, 0) is 19.2 Å². The molecule has 9 nitrogen and oxygen atoms in total. The minimum absolute atomic E-state index is 0. The summed E-state index contributed by atoms with van der Waals surface area (Å²) in [5, 5.41) is 29.6. The Hall–Kier alpha value is -2.16. The van der Waals surface area contributed by atoms with Crippen molar-refractivity contribution < 1.29 is 45.1 Å². The van der Waals surface area contributed by atoms with Crippen molar-refractivity contribution in [3.8, 4) is 0 Å². The summed E-state index contributed by atoms with van der Waals surface area (Å²) < 4.78 is 0. The van der Waals surface area contributed by atoms with E-state index >= 15 is 0 Å². The first kappa shape index (κ1) is 17.1. The SMILES string of the molecule is O.O=C(O)C(=O)O.O=C(O)C(=O)O. The average molecular weight is 198 g/mol. The molecule has 0 atom stereocenters. The van der Waals surface area contributed by atoms with Gasteiger partial charge in [0.05, 0.1) is 0 Å². The van der Waals surface area contributed by atoms with E-state index in [-0.39, 0.29) is 5.48 Å². The Morgan fingerprint density at radius 3 is 0.615 bits per heavy atom. The molecule has 0 bridgehead atoms. The highest BCUT2D eigenvalue weighted by Gasteiger charge is 2.04. The van der Waals surface area contributed by atoms with E-state index in [0.717, 1.165) is 0 Å². The van der Waals surface area contributed by atoms with Crippen molar-refractivity contribution in [3.05, 3.63) is 0 Å². The Bertz CT molecular complexity index is 168. The van der Waals surface area contributed by atoms with Crippen LogP contribution in [0.3, 0.4) is 0 Å². The molecule has 6 N–H and O–H groups in total. The maximum atomic E-state index is 9.10. The highest BCUT2D eigenvalue weighted by Crippen LogP contribution is 1.56. The Kier molecular flexibility index (Phi) is 10.4. The van der Waals surface area contributed by atoms with Crippen molar-refractivity contribution in [1.29, 1.82) is 0 Å². The lowest BCUT2D eigenvalue weighted by molar-refractivity contribution is -0.159. The number of rotatable bonds is 0. The Labute approximate surface area is 70.1 Å². The van der Waals surface area contributed by atoms with Gasteiger partial charge in [-0.05, 0) is 0 Å². The first-order chi connectivity index (χ1) is 5.29. The molecule has 0 spiro atoms. The molecule has 0 amide bonds. The van der Waals surface area contributed by atoms with Gasteiger partial charge in [-0.15, -0.1) is 0 Å². The minimum atomic E-state index is -1.82. The third-order valence-corrected chi connectivity index (χ3v) is 0.366. The van der Waals surface area contributed by atoms with Gasteiger partial charge in [-0.3, -0.25) is 0 Å². The van der Waals surface area contributed by atoms with Crippen LogP contribution in [-0.4, -0.2) is 49.8 Å². The van der Waals surface area contributed by atoms with E-state index in [2.05, 4.69) is 0 Å². The van der Waals surface area contributed by atoms with Crippen molar-refractivity contribution in [2.75, 3.05) is 0 Å². The molecule has 0 unspecified atom stereocenters. The molecule has 0 rings (SSSR count). The standard InChI is InChI=1S/2C2H2O4.H2O/c2*3-1(4)2(5)6;/h2*(H,3,4)(H,5,6);1H2. The summed E-state index contributed by atoms with van der Waals surface area (Å²) in [6.45, 7) is 0. The lowest BCUT2D eigenvalue weighted by Gasteiger charge is -1.72. The minimum Gasteiger partial charge on any atom is -0.473 e. The van der Waals surface area contributed by atoms with Crippen molar-refractivity contribution in [2.45, 2.75) is 0 Å². The molecular formula is C4H6O9. The number of carboxylic acids is 4. The van der Waals surface area contributed by atoms with Crippen LogP contribution in [0, 0.1) is 0 Å². The lowest BCUT2D eigenvalue weighted by Crippen LogP contribution is -2.09. The number of carboxylic acid groups (broad SMARTS) is 4. The zero-order valence-corrected chi connectivity index (χ0v) is 5.92. The monoisotopic (exact) mass is 198 g/mol. The number of hydrogen-bond donors (Lipinski definition) is 4. The maximum Gasteiger partial charge on any atom is 0.414 e. The van der Waals surface area contributed by atoms with Gasteiger partial charge in [0.25, 0.3) is 0 Å². The molecule has 9 heteroatoms. The van der Waals surface area contributed by atoms with Gasteiger partial charge in [0, 0.05) is 0 Å². The zero-order valence-electron chi connectivity index (χ0n) is 5.92. The van der Waals surface area contributed by atoms with Crippen LogP contribution in [0.25, 0.3) is 0 Å². The zero-order chi connectivity index (χ0) is 10.3. The topological polar surface area (TPSA) is 181 Å². The van der Waals surface area contributed by atoms with Gasteiger partial charge in [0.1, 0.15) is 0 Å². The van der Waals surface area contributed by atoms with E-state index in [1.165, 1.54) is 0 Å². The summed E-state index contributed by atoms with van der Waals surface area (Å²) in [6, 6.07) is 0. The van der Waals surface area contributed by atoms with E-state index in [0.29, 0.717) is 0 Å². The molecule has 0 aliphatic heterocycles. The molecule has 0 aromatic heterocycles. The molecular weight excluding hydrogens is 192 g/mol. The van der Waals surface area contributed by atoms with Crippen LogP contribution in [0.1, 0.15) is 0 Å². The average Bonchev–Trinajstić information content (AvgIpc) is 1.88. The second-order valence-corrected chi connectivity index (χ2v) is 1.22. The second-order valence-electron chi connectivity index (χ2n) is 1.22. The van der Waals surface area contributed by atoms with E-state index in [9.17, 15) is 0 Å². The van der Waals surface area contributed by atoms with Crippen molar-refractivity contribution in [2.24, 2.45) is 0 Å². The molecule has 0 saturated heterocycles. The summed E-state index contributed by atoms with van der Waals surface area (Å²) in [6.07, 6.45) is 0. The van der Waals surface area contributed by atoms with Gasteiger partial charge >= 0.3 is 23.9 Å². The second kappa shape index (κ2) is 7.94. The van der Waals surface area contributed by atoms with Gasteiger partial charge < -0.3 is 25.9 Å². The van der Waals surface area contributed by atoms with Gasteiger partial charge in [-0.1, -0.05) is 0 Å². The fourth-order valence-electron chi connectivity index (χ4n) is 0. The molecule has 0 saturated carbocycles. The Balaban J connectivity index is -0.000000143. The van der Waals surface area contributed by atoms with Crippen molar-refractivity contribution in [1.82, 2.24) is 0 Å². The maximum absolute atomic E-state index is 9.10. The highest BCUT2D eigenvalue weighted by molar-refractivity contribution is 6.27. The van der Waals surface area contributed by atoms with E-state index in [1.54, 1.807) is 0 Å². The number of carbonyl (C=O) groups is 4. The quantitative estimate of drug-likeness (QED) is 0.307. The fraction of sp³-hybridized carbons (Fsp3) is 0. The third kappa shape index (κ3) is 17.7. The molecule has 0 aromatic rings. The summed E-state index contributed by atoms with van der Waals surface area (Å²) in [5.74, 6) is -7.30. The summed E-state index contributed by atoms with van der Waals surface area (Å²) in [5.41, 5.74) is 0. The van der Waals surface area contributed by atoms with Crippen LogP contribution in [0.4, 0.5) is 0 Å². The number of hydrogen-bond acceptors (Lipinski definition) is 4. The first-order valence-electron chi connectivity index (χ1n) is 2.21. The van der Waals surface area contributed by atoms with E-state index in [1.807, 2.05) is 0 Å². The third-order valence-electron chi connectivity index (χ3n) is 0.366. The molecule has 0 aromatic carbocycles. The predicted molar refractivity (Wildman–Crippen MR) is 34.2 cm³/mol.